The summed E-state index contributed by atoms with van der Waals surface area (Å²) in [5.41, 5.74) is 1.73. The normalized spacial score (nSPS) is 10.6. The van der Waals surface area contributed by atoms with E-state index in [9.17, 15) is 0 Å². The highest BCUT2D eigenvalue weighted by Gasteiger charge is 2.07. The predicted octanol–water partition coefficient (Wildman–Crippen LogP) is 2.58. The van der Waals surface area contributed by atoms with Gasteiger partial charge in [0.2, 0.25) is 5.82 Å². The summed E-state index contributed by atoms with van der Waals surface area (Å²) < 4.78 is 10.8. The van der Waals surface area contributed by atoms with Crippen LogP contribution in [0.25, 0.3) is 11.4 Å². The Morgan fingerprint density at radius 1 is 0.917 bits per heavy atom. The fourth-order valence-corrected chi connectivity index (χ4v) is 2.19. The monoisotopic (exact) mass is 325 g/mol. The van der Waals surface area contributed by atoms with Crippen LogP contribution < -0.4 is 9.47 Å². The van der Waals surface area contributed by atoms with Gasteiger partial charge in [0.05, 0.1) is 25.1 Å². The lowest BCUT2D eigenvalue weighted by molar-refractivity contribution is 0.338. The van der Waals surface area contributed by atoms with E-state index in [2.05, 4.69) is 20.4 Å². The van der Waals surface area contributed by atoms with Gasteiger partial charge in [-0.05, 0) is 55.5 Å². The van der Waals surface area contributed by atoms with E-state index in [0.717, 1.165) is 22.8 Å². The van der Waals surface area contributed by atoms with Crippen LogP contribution in [-0.4, -0.2) is 38.4 Å². The lowest BCUT2D eigenvalue weighted by atomic mass is 10.2. The van der Waals surface area contributed by atoms with Crippen molar-refractivity contribution in [2.45, 2.75) is 20.4 Å². The van der Waals surface area contributed by atoms with Gasteiger partial charge in [0, 0.05) is 5.56 Å². The van der Waals surface area contributed by atoms with Crippen molar-refractivity contribution >= 4 is 0 Å². The molecule has 0 saturated heterocycles. The maximum Gasteiger partial charge on any atom is 0.204 e. The summed E-state index contributed by atoms with van der Waals surface area (Å²) in [7, 11) is 0. The van der Waals surface area contributed by atoms with E-state index in [1.165, 1.54) is 4.80 Å². The number of hydrogen-bond acceptors (Lipinski definition) is 6. The van der Waals surface area contributed by atoms with Crippen molar-refractivity contribution in [1.82, 2.24) is 25.2 Å². The van der Waals surface area contributed by atoms with Crippen LogP contribution in [0.4, 0.5) is 0 Å². The minimum absolute atomic E-state index is 0.455. The van der Waals surface area contributed by atoms with Crippen molar-refractivity contribution in [1.29, 1.82) is 0 Å². The van der Waals surface area contributed by atoms with E-state index in [1.807, 2.05) is 50.2 Å². The average molecular weight is 325 g/mol. The SMILES string of the molecule is CCOc1ccc(-c2nnn(Cc3ccc(OCC)cn3)n2)cc1. The maximum absolute atomic E-state index is 5.43. The molecule has 0 bridgehead atoms. The van der Waals surface area contributed by atoms with Crippen LogP contribution >= 0.6 is 0 Å². The second-order valence-electron chi connectivity index (χ2n) is 5.02. The molecule has 0 unspecified atom stereocenters. The van der Waals surface area contributed by atoms with Gasteiger partial charge in [0.25, 0.3) is 0 Å². The van der Waals surface area contributed by atoms with Crippen LogP contribution in [0.15, 0.2) is 42.6 Å². The molecule has 0 amide bonds. The molecule has 24 heavy (non-hydrogen) atoms. The number of ether oxygens (including phenoxy) is 2. The summed E-state index contributed by atoms with van der Waals surface area (Å²) in [6.07, 6.45) is 1.70. The minimum Gasteiger partial charge on any atom is -0.494 e. The van der Waals surface area contributed by atoms with Crippen molar-refractivity contribution in [3.63, 3.8) is 0 Å². The zero-order chi connectivity index (χ0) is 16.8. The predicted molar refractivity (Wildman–Crippen MR) is 88.9 cm³/mol. The standard InChI is InChI=1S/C17H19N5O2/c1-3-23-15-8-5-13(6-9-15)17-19-21-22(20-17)12-14-7-10-16(11-18-14)24-4-2/h5-11H,3-4,12H2,1-2H3. The zero-order valence-electron chi connectivity index (χ0n) is 13.7. The van der Waals surface area contributed by atoms with Gasteiger partial charge in [-0.3, -0.25) is 4.98 Å². The van der Waals surface area contributed by atoms with Crippen molar-refractivity contribution in [2.24, 2.45) is 0 Å². The van der Waals surface area contributed by atoms with Crippen molar-refractivity contribution < 1.29 is 9.47 Å². The van der Waals surface area contributed by atoms with E-state index in [1.54, 1.807) is 6.20 Å². The van der Waals surface area contributed by atoms with Crippen LogP contribution in [0.3, 0.4) is 0 Å². The fraction of sp³-hybridized carbons (Fsp3) is 0.294. The molecule has 0 spiro atoms. The first-order valence-corrected chi connectivity index (χ1v) is 7.87. The number of tetrazole rings is 1. The highest BCUT2D eigenvalue weighted by molar-refractivity contribution is 5.55. The molecule has 2 heterocycles. The largest absolute Gasteiger partial charge is 0.494 e. The molecule has 0 fully saturated rings. The molecule has 0 aliphatic heterocycles. The van der Waals surface area contributed by atoms with Gasteiger partial charge in [-0.25, -0.2) is 0 Å². The highest BCUT2D eigenvalue weighted by Crippen LogP contribution is 2.18. The van der Waals surface area contributed by atoms with E-state index < -0.39 is 0 Å². The summed E-state index contributed by atoms with van der Waals surface area (Å²) in [6, 6.07) is 11.4. The molecule has 3 rings (SSSR count). The van der Waals surface area contributed by atoms with Gasteiger partial charge in [-0.1, -0.05) is 0 Å². The molecule has 7 nitrogen and oxygen atoms in total. The molecular formula is C17H19N5O2. The Labute approximate surface area is 140 Å². The Balaban J connectivity index is 1.68. The molecule has 0 saturated carbocycles. The summed E-state index contributed by atoms with van der Waals surface area (Å²) in [5.74, 6) is 2.15. The van der Waals surface area contributed by atoms with Gasteiger partial charge in [-0.2, -0.15) is 4.80 Å². The fourth-order valence-electron chi connectivity index (χ4n) is 2.19. The number of benzene rings is 1. The number of aromatic nitrogens is 5. The molecule has 1 aromatic carbocycles. The molecule has 7 heteroatoms. The van der Waals surface area contributed by atoms with Gasteiger partial charge < -0.3 is 9.47 Å². The first-order chi connectivity index (χ1) is 11.8. The van der Waals surface area contributed by atoms with E-state index in [4.69, 9.17) is 9.47 Å². The topological polar surface area (TPSA) is 75.0 Å². The average Bonchev–Trinajstić information content (AvgIpc) is 3.06. The lowest BCUT2D eigenvalue weighted by Gasteiger charge is -2.03. The smallest absolute Gasteiger partial charge is 0.204 e. The minimum atomic E-state index is 0.455. The van der Waals surface area contributed by atoms with Crippen LogP contribution in [0.5, 0.6) is 11.5 Å². The molecule has 3 aromatic rings. The molecule has 0 atom stereocenters. The Morgan fingerprint density at radius 2 is 1.62 bits per heavy atom. The molecular weight excluding hydrogens is 306 g/mol. The van der Waals surface area contributed by atoms with E-state index >= 15 is 0 Å². The second-order valence-corrected chi connectivity index (χ2v) is 5.02. The van der Waals surface area contributed by atoms with Gasteiger partial charge in [0.15, 0.2) is 0 Å². The summed E-state index contributed by atoms with van der Waals surface area (Å²) in [5, 5.41) is 12.6. The summed E-state index contributed by atoms with van der Waals surface area (Å²) >= 11 is 0. The maximum atomic E-state index is 5.43. The third kappa shape index (κ3) is 3.87. The van der Waals surface area contributed by atoms with Gasteiger partial charge in [0.1, 0.15) is 18.0 Å². The molecule has 2 aromatic heterocycles. The number of nitrogens with zero attached hydrogens (tertiary/aromatic N) is 5. The second kappa shape index (κ2) is 7.54. The number of hydrogen-bond donors (Lipinski definition) is 0. The Hall–Kier alpha value is -2.96. The third-order valence-electron chi connectivity index (χ3n) is 3.29. The summed E-state index contributed by atoms with van der Waals surface area (Å²) in [6.45, 7) is 5.61. The highest BCUT2D eigenvalue weighted by atomic mass is 16.5. The number of pyridine rings is 1. The van der Waals surface area contributed by atoms with E-state index in [-0.39, 0.29) is 0 Å². The first kappa shape index (κ1) is 15.9. The zero-order valence-corrected chi connectivity index (χ0v) is 13.7. The van der Waals surface area contributed by atoms with Gasteiger partial charge in [-0.15, -0.1) is 10.2 Å². The van der Waals surface area contributed by atoms with Crippen molar-refractivity contribution in [3.05, 3.63) is 48.3 Å². The summed E-state index contributed by atoms with van der Waals surface area (Å²) in [4.78, 5) is 5.86. The van der Waals surface area contributed by atoms with Crippen molar-refractivity contribution in [2.75, 3.05) is 13.2 Å². The van der Waals surface area contributed by atoms with Crippen LogP contribution in [0.1, 0.15) is 19.5 Å². The molecule has 0 radical (unpaired) electrons. The van der Waals surface area contributed by atoms with Crippen LogP contribution in [-0.2, 0) is 6.54 Å². The van der Waals surface area contributed by atoms with Crippen LogP contribution in [0.2, 0.25) is 0 Å². The van der Waals surface area contributed by atoms with E-state index in [0.29, 0.717) is 25.6 Å². The van der Waals surface area contributed by atoms with Crippen LogP contribution in [0, 0.1) is 0 Å². The molecule has 124 valence electrons. The molecule has 0 aliphatic carbocycles. The Kier molecular flexibility index (Phi) is 5.00. The van der Waals surface area contributed by atoms with Gasteiger partial charge >= 0.3 is 0 Å². The quantitative estimate of drug-likeness (QED) is 0.664. The van der Waals surface area contributed by atoms with Crippen molar-refractivity contribution in [3.8, 4) is 22.9 Å². The Morgan fingerprint density at radius 3 is 2.29 bits per heavy atom. The molecule has 0 aliphatic rings. The number of rotatable bonds is 7. The Bertz CT molecular complexity index is 768. The lowest BCUT2D eigenvalue weighted by Crippen LogP contribution is -2.05. The molecule has 0 N–H and O–H groups in total. The first-order valence-electron chi connectivity index (χ1n) is 7.87. The third-order valence-corrected chi connectivity index (χ3v) is 3.29.